The number of halogens is 1. The van der Waals surface area contributed by atoms with Crippen LogP contribution in [-0.2, 0) is 16.4 Å². The van der Waals surface area contributed by atoms with Gasteiger partial charge in [-0.3, -0.25) is 4.90 Å². The maximum absolute atomic E-state index is 11.4. The Kier molecular flexibility index (Phi) is 3.73. The molecule has 0 spiro atoms. The summed E-state index contributed by atoms with van der Waals surface area (Å²) in [6, 6.07) is 2.27. The average Bonchev–Trinajstić information content (AvgIpc) is 2.72. The van der Waals surface area contributed by atoms with Crippen LogP contribution in [0.1, 0.15) is 12.0 Å². The summed E-state index contributed by atoms with van der Waals surface area (Å²) in [5.74, 6) is 0.657. The van der Waals surface area contributed by atoms with E-state index >= 15 is 0 Å². The van der Waals surface area contributed by atoms with E-state index in [0.29, 0.717) is 11.5 Å². The van der Waals surface area contributed by atoms with Crippen molar-refractivity contribution in [2.45, 2.75) is 19.0 Å². The molecule has 0 radical (unpaired) electrons. The fraction of sp³-hybridized carbons (Fsp3) is 0.600. The zero-order chi connectivity index (χ0) is 11.8. The number of hydrogen-bond donors (Lipinski definition) is 0. The molecule has 0 saturated carbocycles. The summed E-state index contributed by atoms with van der Waals surface area (Å²) < 4.78 is 23.9. The van der Waals surface area contributed by atoms with Gasteiger partial charge in [0.05, 0.1) is 15.3 Å². The highest BCUT2D eigenvalue weighted by atomic mass is 79.9. The van der Waals surface area contributed by atoms with E-state index in [4.69, 9.17) is 0 Å². The Balaban J connectivity index is 1.96. The summed E-state index contributed by atoms with van der Waals surface area (Å²) in [7, 11) is -0.779. The van der Waals surface area contributed by atoms with Crippen molar-refractivity contribution in [2.75, 3.05) is 18.6 Å². The van der Waals surface area contributed by atoms with Gasteiger partial charge in [0, 0.05) is 12.6 Å². The van der Waals surface area contributed by atoms with E-state index in [9.17, 15) is 8.42 Å². The van der Waals surface area contributed by atoms with Crippen LogP contribution in [0.4, 0.5) is 0 Å². The fourth-order valence-electron chi connectivity index (χ4n) is 1.97. The lowest BCUT2D eigenvalue weighted by Gasteiger charge is -2.22. The van der Waals surface area contributed by atoms with Gasteiger partial charge in [-0.25, -0.2) is 8.42 Å². The van der Waals surface area contributed by atoms with Gasteiger partial charge in [-0.15, -0.1) is 11.3 Å². The monoisotopic (exact) mass is 323 g/mol. The minimum absolute atomic E-state index is 0.184. The van der Waals surface area contributed by atoms with Crippen LogP contribution in [0.2, 0.25) is 0 Å². The number of rotatable bonds is 3. The van der Waals surface area contributed by atoms with Crippen molar-refractivity contribution in [3.05, 3.63) is 20.8 Å². The molecule has 2 rings (SSSR count). The van der Waals surface area contributed by atoms with Crippen LogP contribution in [0.3, 0.4) is 0 Å². The number of nitrogens with zero attached hydrogens (tertiary/aromatic N) is 1. The topological polar surface area (TPSA) is 37.4 Å². The average molecular weight is 324 g/mol. The Morgan fingerprint density at radius 3 is 2.88 bits per heavy atom. The molecular formula is C10H14BrNO2S2. The maximum atomic E-state index is 11.4. The third kappa shape index (κ3) is 3.06. The highest BCUT2D eigenvalue weighted by Gasteiger charge is 2.30. The van der Waals surface area contributed by atoms with E-state index in [0.717, 1.165) is 16.8 Å². The standard InChI is InChI=1S/C10H14BrNO2S2/c1-12(5-8-4-10(11)15-6-8)9-2-3-16(13,14)7-9/h4,6,9H,2-3,5,7H2,1H3. The molecule has 1 atom stereocenters. The Labute approximate surface area is 109 Å². The van der Waals surface area contributed by atoms with Crippen LogP contribution >= 0.6 is 27.3 Å². The van der Waals surface area contributed by atoms with Crippen LogP contribution < -0.4 is 0 Å². The largest absolute Gasteiger partial charge is 0.298 e. The normalized spacial score (nSPS) is 24.1. The van der Waals surface area contributed by atoms with E-state index in [2.05, 4.69) is 32.3 Å². The van der Waals surface area contributed by atoms with Crippen molar-refractivity contribution in [1.82, 2.24) is 4.90 Å². The Hall–Kier alpha value is 0.0900. The van der Waals surface area contributed by atoms with Crippen LogP contribution in [-0.4, -0.2) is 37.9 Å². The molecule has 1 fully saturated rings. The quantitative estimate of drug-likeness (QED) is 0.855. The Morgan fingerprint density at radius 2 is 2.38 bits per heavy atom. The molecule has 3 nitrogen and oxygen atoms in total. The van der Waals surface area contributed by atoms with Crippen molar-refractivity contribution in [3.63, 3.8) is 0 Å². The summed E-state index contributed by atoms with van der Waals surface area (Å²) in [6.07, 6.45) is 0.768. The van der Waals surface area contributed by atoms with E-state index in [1.807, 2.05) is 7.05 Å². The first kappa shape index (κ1) is 12.5. The van der Waals surface area contributed by atoms with Crippen molar-refractivity contribution in [1.29, 1.82) is 0 Å². The van der Waals surface area contributed by atoms with Gasteiger partial charge in [0.25, 0.3) is 0 Å². The number of thiophene rings is 1. The molecule has 0 amide bonds. The van der Waals surface area contributed by atoms with E-state index in [1.54, 1.807) is 11.3 Å². The second-order valence-electron chi connectivity index (χ2n) is 4.23. The summed E-state index contributed by atoms with van der Waals surface area (Å²) in [5, 5.41) is 2.10. The lowest BCUT2D eigenvalue weighted by atomic mass is 10.2. The van der Waals surface area contributed by atoms with Crippen LogP contribution in [0.5, 0.6) is 0 Å². The van der Waals surface area contributed by atoms with Gasteiger partial charge in [0.15, 0.2) is 9.84 Å². The van der Waals surface area contributed by atoms with Crippen molar-refractivity contribution in [2.24, 2.45) is 0 Å². The molecule has 1 aliphatic heterocycles. The molecule has 0 N–H and O–H groups in total. The van der Waals surface area contributed by atoms with E-state index in [1.165, 1.54) is 5.56 Å². The highest BCUT2D eigenvalue weighted by Crippen LogP contribution is 2.23. The molecule has 0 aliphatic carbocycles. The summed E-state index contributed by atoms with van der Waals surface area (Å²) >= 11 is 5.09. The van der Waals surface area contributed by atoms with Crippen molar-refractivity contribution >= 4 is 37.1 Å². The third-order valence-electron chi connectivity index (χ3n) is 2.89. The minimum atomic E-state index is -2.78. The predicted molar refractivity (Wildman–Crippen MR) is 70.5 cm³/mol. The van der Waals surface area contributed by atoms with Gasteiger partial charge >= 0.3 is 0 Å². The molecule has 16 heavy (non-hydrogen) atoms. The zero-order valence-corrected chi connectivity index (χ0v) is 12.2. The Morgan fingerprint density at radius 1 is 1.62 bits per heavy atom. The molecular weight excluding hydrogens is 310 g/mol. The first-order valence-electron chi connectivity index (χ1n) is 5.10. The van der Waals surface area contributed by atoms with Crippen molar-refractivity contribution < 1.29 is 8.42 Å². The second-order valence-corrected chi connectivity index (χ2v) is 8.75. The number of sulfone groups is 1. The third-order valence-corrected chi connectivity index (χ3v) is 6.19. The minimum Gasteiger partial charge on any atom is -0.298 e. The van der Waals surface area contributed by atoms with Gasteiger partial charge in [0.2, 0.25) is 0 Å². The fourth-order valence-corrected chi connectivity index (χ4v) is 4.97. The second kappa shape index (κ2) is 4.76. The first-order chi connectivity index (χ1) is 7.46. The molecule has 1 aromatic heterocycles. The molecule has 0 bridgehead atoms. The Bertz CT molecular complexity index is 469. The SMILES string of the molecule is CN(Cc1csc(Br)c1)C1CCS(=O)(=O)C1. The molecule has 0 aromatic carbocycles. The molecule has 90 valence electrons. The summed E-state index contributed by atoms with van der Waals surface area (Å²) in [6.45, 7) is 0.822. The van der Waals surface area contributed by atoms with Crippen molar-refractivity contribution in [3.8, 4) is 0 Å². The van der Waals surface area contributed by atoms with Gasteiger partial charge in [-0.1, -0.05) is 0 Å². The lowest BCUT2D eigenvalue weighted by Crippen LogP contribution is -2.31. The van der Waals surface area contributed by atoms with E-state index in [-0.39, 0.29) is 6.04 Å². The first-order valence-corrected chi connectivity index (χ1v) is 8.59. The molecule has 6 heteroatoms. The van der Waals surface area contributed by atoms with E-state index < -0.39 is 9.84 Å². The summed E-state index contributed by atoms with van der Waals surface area (Å²) in [4.78, 5) is 2.14. The molecule has 1 aliphatic rings. The zero-order valence-electron chi connectivity index (χ0n) is 9.02. The van der Waals surface area contributed by atoms with Gasteiger partial charge < -0.3 is 0 Å². The molecule has 1 saturated heterocycles. The van der Waals surface area contributed by atoms with Crippen LogP contribution in [0, 0.1) is 0 Å². The smallest absolute Gasteiger partial charge is 0.151 e. The van der Waals surface area contributed by atoms with Gasteiger partial charge in [-0.05, 0) is 46.4 Å². The molecule has 2 heterocycles. The summed E-state index contributed by atoms with van der Waals surface area (Å²) in [5.41, 5.74) is 1.24. The van der Waals surface area contributed by atoms with Gasteiger partial charge in [0.1, 0.15) is 0 Å². The van der Waals surface area contributed by atoms with Gasteiger partial charge in [-0.2, -0.15) is 0 Å². The lowest BCUT2D eigenvalue weighted by molar-refractivity contribution is 0.254. The van der Waals surface area contributed by atoms with Crippen LogP contribution in [0.25, 0.3) is 0 Å². The maximum Gasteiger partial charge on any atom is 0.151 e. The molecule has 1 aromatic rings. The number of hydrogen-bond acceptors (Lipinski definition) is 4. The van der Waals surface area contributed by atoms with Crippen LogP contribution in [0.15, 0.2) is 15.2 Å². The molecule has 1 unspecified atom stereocenters. The highest BCUT2D eigenvalue weighted by molar-refractivity contribution is 9.11. The predicted octanol–water partition coefficient (Wildman–Crippen LogP) is 2.13.